The third-order valence-electron chi connectivity index (χ3n) is 2.30. The maximum Gasteiger partial charge on any atom is 0.357 e. The molecule has 0 radical (unpaired) electrons. The van der Waals surface area contributed by atoms with Gasteiger partial charge in [0.25, 0.3) is 0 Å². The lowest BCUT2D eigenvalue weighted by molar-refractivity contribution is 0.0518. The van der Waals surface area contributed by atoms with Crippen LogP contribution in [0, 0.1) is 13.8 Å². The van der Waals surface area contributed by atoms with Crippen molar-refractivity contribution in [1.29, 1.82) is 0 Å². The van der Waals surface area contributed by atoms with Crippen LogP contribution in [0.3, 0.4) is 0 Å². The molecule has 0 N–H and O–H groups in total. The third kappa shape index (κ3) is 1.52. The lowest BCUT2D eigenvalue weighted by Crippen LogP contribution is -2.08. The van der Waals surface area contributed by atoms with Crippen LogP contribution in [-0.2, 0) is 4.74 Å². The molecule has 0 atom stereocenters. The normalized spacial score (nSPS) is 10.9. The lowest BCUT2D eigenvalue weighted by atomic mass is 10.4. The van der Waals surface area contributed by atoms with E-state index in [9.17, 15) is 4.79 Å². The molecule has 0 spiro atoms. The molecule has 0 saturated carbocycles. The summed E-state index contributed by atoms with van der Waals surface area (Å²) in [7, 11) is 0. The Morgan fingerprint density at radius 3 is 3.00 bits per heavy atom. The minimum atomic E-state index is -0.314. The van der Waals surface area contributed by atoms with Gasteiger partial charge in [-0.05, 0) is 20.8 Å². The van der Waals surface area contributed by atoms with Gasteiger partial charge in [0.2, 0.25) is 0 Å². The summed E-state index contributed by atoms with van der Waals surface area (Å²) in [5, 5.41) is 0. The monoisotopic (exact) mass is 224 g/mol. The molecule has 0 unspecified atom stereocenters. The van der Waals surface area contributed by atoms with E-state index in [4.69, 9.17) is 4.74 Å². The number of esters is 1. The topological polar surface area (TPSA) is 43.6 Å². The zero-order valence-electron chi connectivity index (χ0n) is 8.90. The maximum absolute atomic E-state index is 11.6. The highest BCUT2D eigenvalue weighted by atomic mass is 32.1. The molecule has 0 fully saturated rings. The first kappa shape index (κ1) is 10.2. The van der Waals surface area contributed by atoms with Crippen molar-refractivity contribution in [3.05, 3.63) is 22.5 Å². The second-order valence-corrected chi connectivity index (χ2v) is 4.41. The van der Waals surface area contributed by atoms with Crippen molar-refractivity contribution in [3.63, 3.8) is 0 Å². The van der Waals surface area contributed by atoms with E-state index in [1.54, 1.807) is 24.5 Å². The molecule has 0 amide bonds. The highest BCUT2D eigenvalue weighted by Crippen LogP contribution is 2.22. The van der Waals surface area contributed by atoms with Crippen molar-refractivity contribution in [2.24, 2.45) is 0 Å². The second-order valence-electron chi connectivity index (χ2n) is 3.23. The Hall–Kier alpha value is -1.36. The van der Waals surface area contributed by atoms with E-state index < -0.39 is 0 Å². The largest absolute Gasteiger partial charge is 0.461 e. The Morgan fingerprint density at radius 1 is 1.60 bits per heavy atom. The molecule has 0 saturated heterocycles. The van der Waals surface area contributed by atoms with Crippen molar-refractivity contribution in [2.45, 2.75) is 20.8 Å². The van der Waals surface area contributed by atoms with E-state index in [0.717, 1.165) is 10.7 Å². The van der Waals surface area contributed by atoms with Gasteiger partial charge >= 0.3 is 5.97 Å². The van der Waals surface area contributed by atoms with Crippen molar-refractivity contribution < 1.29 is 9.53 Å². The number of aromatic nitrogens is 2. The first-order chi connectivity index (χ1) is 7.15. The van der Waals surface area contributed by atoms with Crippen LogP contribution in [0.25, 0.3) is 4.96 Å². The molecule has 2 heterocycles. The van der Waals surface area contributed by atoms with Gasteiger partial charge in [0, 0.05) is 10.6 Å². The van der Waals surface area contributed by atoms with Gasteiger partial charge in [-0.15, -0.1) is 11.3 Å². The SMILES string of the molecule is CCOC(=O)c1cnc2sc(C)c(C)n12. The van der Waals surface area contributed by atoms with Crippen LogP contribution in [0.1, 0.15) is 28.0 Å². The fourth-order valence-electron chi connectivity index (χ4n) is 1.45. The number of thiazole rings is 1. The molecule has 0 aliphatic rings. The van der Waals surface area contributed by atoms with Crippen LogP contribution in [0.2, 0.25) is 0 Å². The highest BCUT2D eigenvalue weighted by molar-refractivity contribution is 7.17. The number of nitrogens with zero attached hydrogens (tertiary/aromatic N) is 2. The molecule has 2 aromatic rings. The van der Waals surface area contributed by atoms with Gasteiger partial charge in [-0.2, -0.15) is 0 Å². The van der Waals surface area contributed by atoms with E-state index in [-0.39, 0.29) is 5.97 Å². The molecular formula is C10H12N2O2S. The molecule has 0 aliphatic carbocycles. The van der Waals surface area contributed by atoms with Crippen LogP contribution < -0.4 is 0 Å². The van der Waals surface area contributed by atoms with Gasteiger partial charge in [0.05, 0.1) is 12.8 Å². The summed E-state index contributed by atoms with van der Waals surface area (Å²) in [5.41, 5.74) is 1.56. The van der Waals surface area contributed by atoms with E-state index >= 15 is 0 Å². The summed E-state index contributed by atoms with van der Waals surface area (Å²) in [5.74, 6) is -0.314. The summed E-state index contributed by atoms with van der Waals surface area (Å²) in [6.07, 6.45) is 1.57. The van der Waals surface area contributed by atoms with Crippen LogP contribution in [-0.4, -0.2) is 22.0 Å². The standard InChI is InChI=1S/C10H12N2O2S/c1-4-14-9(13)8-5-11-10-12(8)6(2)7(3)15-10/h5H,4H2,1-3H3. The summed E-state index contributed by atoms with van der Waals surface area (Å²) < 4.78 is 6.81. The highest BCUT2D eigenvalue weighted by Gasteiger charge is 2.17. The summed E-state index contributed by atoms with van der Waals surface area (Å²) >= 11 is 1.58. The molecule has 0 aromatic carbocycles. The van der Waals surface area contributed by atoms with Crippen molar-refractivity contribution in [3.8, 4) is 0 Å². The number of fused-ring (bicyclic) bond motifs is 1. The molecule has 15 heavy (non-hydrogen) atoms. The average Bonchev–Trinajstić information content (AvgIpc) is 2.70. The van der Waals surface area contributed by atoms with Crippen LogP contribution in [0.5, 0.6) is 0 Å². The van der Waals surface area contributed by atoms with Crippen LogP contribution in [0.15, 0.2) is 6.20 Å². The molecule has 2 aromatic heterocycles. The Morgan fingerprint density at radius 2 is 2.33 bits per heavy atom. The first-order valence-electron chi connectivity index (χ1n) is 4.75. The Bertz CT molecular complexity index is 513. The van der Waals surface area contributed by atoms with E-state index in [2.05, 4.69) is 4.98 Å². The summed E-state index contributed by atoms with van der Waals surface area (Å²) in [4.78, 5) is 17.8. The zero-order chi connectivity index (χ0) is 11.0. The second kappa shape index (κ2) is 3.66. The molecule has 2 rings (SSSR count). The van der Waals surface area contributed by atoms with Crippen molar-refractivity contribution in [1.82, 2.24) is 9.38 Å². The van der Waals surface area contributed by atoms with E-state index in [1.165, 1.54) is 4.88 Å². The summed E-state index contributed by atoms with van der Waals surface area (Å²) in [6, 6.07) is 0. The van der Waals surface area contributed by atoms with E-state index in [0.29, 0.717) is 12.3 Å². The minimum absolute atomic E-state index is 0.314. The number of imidazole rings is 1. The Labute approximate surface area is 91.5 Å². The number of ether oxygens (including phenoxy) is 1. The van der Waals surface area contributed by atoms with Gasteiger partial charge in [-0.3, -0.25) is 4.40 Å². The molecule has 0 bridgehead atoms. The van der Waals surface area contributed by atoms with Gasteiger partial charge in [0.1, 0.15) is 0 Å². The molecule has 5 heteroatoms. The minimum Gasteiger partial charge on any atom is -0.461 e. The predicted molar refractivity (Wildman–Crippen MR) is 58.5 cm³/mol. The van der Waals surface area contributed by atoms with E-state index in [1.807, 2.05) is 18.2 Å². The fourth-order valence-corrected chi connectivity index (χ4v) is 2.39. The fraction of sp³-hybridized carbons (Fsp3) is 0.400. The number of carbonyl (C=O) groups excluding carboxylic acids is 1. The molecule has 80 valence electrons. The van der Waals surface area contributed by atoms with Crippen LogP contribution in [0.4, 0.5) is 0 Å². The Kier molecular flexibility index (Phi) is 2.48. The number of hydrogen-bond acceptors (Lipinski definition) is 4. The van der Waals surface area contributed by atoms with Gasteiger partial charge in [-0.25, -0.2) is 9.78 Å². The van der Waals surface area contributed by atoms with Gasteiger partial charge in [0.15, 0.2) is 10.7 Å². The Balaban J connectivity index is 2.56. The third-order valence-corrected chi connectivity index (χ3v) is 3.38. The van der Waals surface area contributed by atoms with Gasteiger partial charge < -0.3 is 4.74 Å². The first-order valence-corrected chi connectivity index (χ1v) is 5.57. The molecular weight excluding hydrogens is 212 g/mol. The number of hydrogen-bond donors (Lipinski definition) is 0. The number of rotatable bonds is 2. The smallest absolute Gasteiger partial charge is 0.357 e. The summed E-state index contributed by atoms with van der Waals surface area (Å²) in [6.45, 7) is 6.17. The average molecular weight is 224 g/mol. The number of aryl methyl sites for hydroxylation is 2. The van der Waals surface area contributed by atoms with Crippen molar-refractivity contribution >= 4 is 22.3 Å². The molecule has 0 aliphatic heterocycles. The number of carbonyl (C=O) groups is 1. The maximum atomic E-state index is 11.6. The quantitative estimate of drug-likeness (QED) is 0.734. The predicted octanol–water partition coefficient (Wildman–Crippen LogP) is 2.19. The molecule has 4 nitrogen and oxygen atoms in total. The lowest BCUT2D eigenvalue weighted by Gasteiger charge is -2.00. The van der Waals surface area contributed by atoms with Crippen molar-refractivity contribution in [2.75, 3.05) is 6.61 Å². The zero-order valence-corrected chi connectivity index (χ0v) is 9.72. The van der Waals surface area contributed by atoms with Gasteiger partial charge in [-0.1, -0.05) is 0 Å². The van der Waals surface area contributed by atoms with Crippen LogP contribution >= 0.6 is 11.3 Å².